The van der Waals surface area contributed by atoms with Crippen LogP contribution in [0.3, 0.4) is 0 Å². The van der Waals surface area contributed by atoms with Gasteiger partial charge in [-0.3, -0.25) is 20.2 Å². The summed E-state index contributed by atoms with van der Waals surface area (Å²) in [5.74, 6) is 0.637. The first-order valence-electron chi connectivity index (χ1n) is 7.69. The fourth-order valence-electron chi connectivity index (χ4n) is 2.13. The molecule has 2 N–H and O–H groups in total. The minimum absolute atomic E-state index is 0.0557. The quantitative estimate of drug-likeness (QED) is 0.340. The van der Waals surface area contributed by atoms with E-state index in [0.717, 1.165) is 0 Å². The molecule has 0 bridgehead atoms. The van der Waals surface area contributed by atoms with Crippen LogP contribution in [0.2, 0.25) is 0 Å². The molecule has 0 saturated heterocycles. The van der Waals surface area contributed by atoms with Crippen LogP contribution in [0.4, 0.5) is 11.4 Å². The summed E-state index contributed by atoms with van der Waals surface area (Å²) < 4.78 is 10.4. The number of carbonyl (C=O) groups is 1. The molecular weight excluding hydrogens is 370 g/mol. The van der Waals surface area contributed by atoms with Crippen LogP contribution >= 0.6 is 12.2 Å². The zero-order valence-corrected chi connectivity index (χ0v) is 15.4. The van der Waals surface area contributed by atoms with E-state index < -0.39 is 10.8 Å². The molecule has 140 valence electrons. The Morgan fingerprint density at radius 1 is 1.19 bits per heavy atom. The summed E-state index contributed by atoms with van der Waals surface area (Å²) >= 11 is 5.12. The summed E-state index contributed by atoms with van der Waals surface area (Å²) in [5.41, 5.74) is 0.998. The average Bonchev–Trinajstić information content (AvgIpc) is 2.66. The van der Waals surface area contributed by atoms with E-state index in [-0.39, 0.29) is 10.8 Å². The van der Waals surface area contributed by atoms with Crippen molar-refractivity contribution in [1.29, 1.82) is 0 Å². The standard InChI is InChI=1S/C18H17N3O5S/c1-25-14-7-8-16(26-2)15(11-14)19-18(27)20-17(22)9-6-12-4-3-5-13(10-12)21(23)24/h3-11H,1-2H3,(H2,19,20,22,27)/b9-6+. The molecule has 0 aliphatic heterocycles. The second-order valence-electron chi connectivity index (χ2n) is 5.20. The maximum absolute atomic E-state index is 12.0. The first kappa shape index (κ1) is 19.9. The first-order valence-corrected chi connectivity index (χ1v) is 8.10. The molecule has 2 aromatic carbocycles. The minimum Gasteiger partial charge on any atom is -0.497 e. The van der Waals surface area contributed by atoms with E-state index in [2.05, 4.69) is 10.6 Å². The van der Waals surface area contributed by atoms with Crippen LogP contribution in [0.25, 0.3) is 6.08 Å². The van der Waals surface area contributed by atoms with E-state index in [4.69, 9.17) is 21.7 Å². The van der Waals surface area contributed by atoms with Crippen LogP contribution in [-0.4, -0.2) is 30.2 Å². The normalized spacial score (nSPS) is 10.3. The maximum atomic E-state index is 12.0. The number of hydrogen-bond donors (Lipinski definition) is 2. The van der Waals surface area contributed by atoms with Crippen LogP contribution < -0.4 is 20.1 Å². The maximum Gasteiger partial charge on any atom is 0.270 e. The van der Waals surface area contributed by atoms with Gasteiger partial charge in [-0.25, -0.2) is 0 Å². The van der Waals surface area contributed by atoms with Crippen LogP contribution in [0, 0.1) is 10.1 Å². The van der Waals surface area contributed by atoms with Crippen LogP contribution in [0.5, 0.6) is 11.5 Å². The largest absolute Gasteiger partial charge is 0.497 e. The summed E-state index contributed by atoms with van der Waals surface area (Å²) in [6, 6.07) is 11.0. The topological polar surface area (TPSA) is 103 Å². The lowest BCUT2D eigenvalue weighted by Gasteiger charge is -2.13. The lowest BCUT2D eigenvalue weighted by Crippen LogP contribution is -2.32. The second-order valence-corrected chi connectivity index (χ2v) is 5.60. The van der Waals surface area contributed by atoms with Gasteiger partial charge in [0.05, 0.1) is 24.8 Å². The number of benzene rings is 2. The van der Waals surface area contributed by atoms with Crippen molar-refractivity contribution in [3.63, 3.8) is 0 Å². The molecular formula is C18H17N3O5S. The number of nitro benzene ring substituents is 1. The number of amides is 1. The van der Waals surface area contributed by atoms with Gasteiger partial charge < -0.3 is 14.8 Å². The molecule has 27 heavy (non-hydrogen) atoms. The highest BCUT2D eigenvalue weighted by Crippen LogP contribution is 2.28. The molecule has 1 amide bonds. The lowest BCUT2D eigenvalue weighted by atomic mass is 10.2. The highest BCUT2D eigenvalue weighted by Gasteiger charge is 2.09. The van der Waals surface area contributed by atoms with E-state index in [1.807, 2.05) is 0 Å². The van der Waals surface area contributed by atoms with E-state index in [1.54, 1.807) is 24.3 Å². The third kappa shape index (κ3) is 5.79. The summed E-state index contributed by atoms with van der Waals surface area (Å²) in [5, 5.41) is 16.2. The first-order chi connectivity index (χ1) is 12.9. The number of hydrogen-bond acceptors (Lipinski definition) is 6. The second kappa shape index (κ2) is 9.30. The summed E-state index contributed by atoms with van der Waals surface area (Å²) in [6.07, 6.45) is 2.69. The van der Waals surface area contributed by atoms with Crippen LogP contribution in [-0.2, 0) is 4.79 Å². The fraction of sp³-hybridized carbons (Fsp3) is 0.111. The fourth-order valence-corrected chi connectivity index (χ4v) is 2.34. The Morgan fingerprint density at radius 2 is 1.96 bits per heavy atom. The van der Waals surface area contributed by atoms with E-state index in [9.17, 15) is 14.9 Å². The zero-order valence-electron chi connectivity index (χ0n) is 14.6. The number of carbonyl (C=O) groups excluding carboxylic acids is 1. The number of nitrogens with zero attached hydrogens (tertiary/aromatic N) is 1. The van der Waals surface area contributed by atoms with Crippen molar-refractivity contribution in [3.8, 4) is 11.5 Å². The Hall–Kier alpha value is -3.46. The summed E-state index contributed by atoms with van der Waals surface area (Å²) in [4.78, 5) is 22.3. The number of rotatable bonds is 6. The zero-order chi connectivity index (χ0) is 19.8. The SMILES string of the molecule is COc1ccc(OC)c(NC(=S)NC(=O)/C=C/c2cccc([N+](=O)[O-])c2)c1. The minimum atomic E-state index is -0.502. The molecule has 9 heteroatoms. The number of anilines is 1. The molecule has 0 fully saturated rings. The third-order valence-electron chi connectivity index (χ3n) is 3.40. The van der Waals surface area contributed by atoms with Crippen molar-refractivity contribution in [2.75, 3.05) is 19.5 Å². The molecule has 0 unspecified atom stereocenters. The van der Waals surface area contributed by atoms with Gasteiger partial charge in [0.2, 0.25) is 5.91 Å². The predicted molar refractivity (Wildman–Crippen MR) is 106 cm³/mol. The van der Waals surface area contributed by atoms with Crippen molar-refractivity contribution in [2.45, 2.75) is 0 Å². The van der Waals surface area contributed by atoms with E-state index in [0.29, 0.717) is 22.7 Å². The molecule has 0 radical (unpaired) electrons. The molecule has 8 nitrogen and oxygen atoms in total. The number of ether oxygens (including phenoxy) is 2. The monoisotopic (exact) mass is 387 g/mol. The Balaban J connectivity index is 2.01. The Morgan fingerprint density at radius 3 is 2.63 bits per heavy atom. The average molecular weight is 387 g/mol. The molecule has 0 aromatic heterocycles. The van der Waals surface area contributed by atoms with Crippen molar-refractivity contribution in [3.05, 3.63) is 64.2 Å². The van der Waals surface area contributed by atoms with Crippen LogP contribution in [0.1, 0.15) is 5.56 Å². The van der Waals surface area contributed by atoms with Gasteiger partial charge in [-0.2, -0.15) is 0 Å². The number of thiocarbonyl (C=S) groups is 1. The van der Waals surface area contributed by atoms with Gasteiger partial charge in [-0.15, -0.1) is 0 Å². The third-order valence-corrected chi connectivity index (χ3v) is 3.60. The number of methoxy groups -OCH3 is 2. The number of nitrogens with one attached hydrogen (secondary N) is 2. The molecule has 0 heterocycles. The van der Waals surface area contributed by atoms with E-state index in [1.165, 1.54) is 44.6 Å². The van der Waals surface area contributed by atoms with E-state index >= 15 is 0 Å². The van der Waals surface area contributed by atoms with Gasteiger partial charge in [0.1, 0.15) is 11.5 Å². The summed E-state index contributed by atoms with van der Waals surface area (Å²) in [7, 11) is 3.04. The van der Waals surface area contributed by atoms with Crippen molar-refractivity contribution < 1.29 is 19.2 Å². The molecule has 0 aliphatic rings. The lowest BCUT2D eigenvalue weighted by molar-refractivity contribution is -0.384. The van der Waals surface area contributed by atoms with Gasteiger partial charge in [-0.1, -0.05) is 12.1 Å². The molecule has 0 spiro atoms. The van der Waals surface area contributed by atoms with Gasteiger partial charge in [0, 0.05) is 24.3 Å². The van der Waals surface area contributed by atoms with Gasteiger partial charge in [0.15, 0.2) is 5.11 Å². The molecule has 0 atom stereocenters. The Bertz CT molecular complexity index is 898. The predicted octanol–water partition coefficient (Wildman–Crippen LogP) is 3.14. The van der Waals surface area contributed by atoms with Crippen molar-refractivity contribution in [1.82, 2.24) is 5.32 Å². The van der Waals surface area contributed by atoms with Gasteiger partial charge in [0.25, 0.3) is 5.69 Å². The number of non-ortho nitro benzene ring substituents is 1. The van der Waals surface area contributed by atoms with Crippen LogP contribution in [0.15, 0.2) is 48.5 Å². The molecule has 0 saturated carbocycles. The highest BCUT2D eigenvalue weighted by molar-refractivity contribution is 7.80. The summed E-state index contributed by atoms with van der Waals surface area (Å²) in [6.45, 7) is 0. The van der Waals surface area contributed by atoms with Crippen molar-refractivity contribution >= 4 is 40.7 Å². The molecule has 2 rings (SSSR count). The smallest absolute Gasteiger partial charge is 0.270 e. The highest BCUT2D eigenvalue weighted by atomic mass is 32.1. The molecule has 2 aromatic rings. The molecule has 0 aliphatic carbocycles. The van der Waals surface area contributed by atoms with Gasteiger partial charge in [-0.05, 0) is 36.0 Å². The Kier molecular flexibility index (Phi) is 6.84. The van der Waals surface area contributed by atoms with Gasteiger partial charge >= 0.3 is 0 Å². The van der Waals surface area contributed by atoms with Crippen molar-refractivity contribution in [2.24, 2.45) is 0 Å². The Labute approximate surface area is 160 Å². The number of nitro groups is 1.